The zero-order valence-electron chi connectivity index (χ0n) is 7.57. The molecule has 0 spiro atoms. The molecule has 0 aromatic heterocycles. The molecular formula is C9H9NO3S. The number of carbonyl (C=O) groups excluding carboxylic acids is 1. The summed E-state index contributed by atoms with van der Waals surface area (Å²) in [6, 6.07) is 5.11. The molecule has 5 heteroatoms. The highest BCUT2D eigenvalue weighted by molar-refractivity contribution is 7.84. The van der Waals surface area contributed by atoms with Crippen molar-refractivity contribution < 1.29 is 13.7 Å². The molecule has 1 atom stereocenters. The minimum atomic E-state index is -1.05. The summed E-state index contributed by atoms with van der Waals surface area (Å²) < 4.78 is 16.3. The van der Waals surface area contributed by atoms with Gasteiger partial charge in [-0.25, -0.2) is 0 Å². The van der Waals surface area contributed by atoms with Gasteiger partial charge in [0.2, 0.25) is 0 Å². The first-order valence-electron chi connectivity index (χ1n) is 4.07. The van der Waals surface area contributed by atoms with Crippen LogP contribution in [0.2, 0.25) is 0 Å². The van der Waals surface area contributed by atoms with E-state index in [9.17, 15) is 9.00 Å². The number of nitrogens with one attached hydrogen (secondary N) is 1. The fourth-order valence-electron chi connectivity index (χ4n) is 1.24. The number of hydrogen-bond acceptors (Lipinski definition) is 3. The Hall–Kier alpha value is -1.36. The Morgan fingerprint density at radius 2 is 2.29 bits per heavy atom. The van der Waals surface area contributed by atoms with E-state index >= 15 is 0 Å². The fourth-order valence-corrected chi connectivity index (χ4v) is 1.78. The van der Waals surface area contributed by atoms with Crippen LogP contribution in [-0.4, -0.2) is 23.0 Å². The van der Waals surface area contributed by atoms with Crippen LogP contribution >= 0.6 is 0 Å². The third-order valence-corrected chi connectivity index (χ3v) is 2.83. The van der Waals surface area contributed by atoms with Crippen molar-refractivity contribution in [2.45, 2.75) is 4.90 Å². The van der Waals surface area contributed by atoms with E-state index in [0.29, 0.717) is 16.3 Å². The van der Waals surface area contributed by atoms with Crippen LogP contribution in [0.1, 0.15) is 0 Å². The van der Waals surface area contributed by atoms with Gasteiger partial charge in [0.15, 0.2) is 6.61 Å². The highest BCUT2D eigenvalue weighted by Crippen LogP contribution is 2.29. The molecule has 1 heterocycles. The van der Waals surface area contributed by atoms with Gasteiger partial charge in [0.05, 0.1) is 5.69 Å². The quantitative estimate of drug-likeness (QED) is 0.746. The van der Waals surface area contributed by atoms with E-state index in [1.54, 1.807) is 24.5 Å². The van der Waals surface area contributed by atoms with Crippen molar-refractivity contribution in [2.75, 3.05) is 18.2 Å². The summed E-state index contributed by atoms with van der Waals surface area (Å²) in [6.45, 7) is 0.0432. The van der Waals surface area contributed by atoms with Crippen LogP contribution in [-0.2, 0) is 15.6 Å². The van der Waals surface area contributed by atoms with Crippen molar-refractivity contribution in [1.82, 2.24) is 0 Å². The second-order valence-electron chi connectivity index (χ2n) is 2.95. The van der Waals surface area contributed by atoms with Crippen molar-refractivity contribution in [3.05, 3.63) is 18.2 Å². The lowest BCUT2D eigenvalue weighted by molar-refractivity contribution is -0.118. The van der Waals surface area contributed by atoms with Gasteiger partial charge < -0.3 is 10.1 Å². The van der Waals surface area contributed by atoms with E-state index in [4.69, 9.17) is 4.74 Å². The second kappa shape index (κ2) is 3.42. The molecule has 14 heavy (non-hydrogen) atoms. The standard InChI is InChI=1S/C9H9NO3S/c1-14(12)6-2-3-8-7(4-6)10-9(11)5-13-8/h2-4H,5H2,1H3,(H,10,11). The third kappa shape index (κ3) is 1.63. The molecule has 0 radical (unpaired) electrons. The Balaban J connectivity index is 2.42. The van der Waals surface area contributed by atoms with Crippen LogP contribution in [0.15, 0.2) is 23.1 Å². The molecule has 1 amide bonds. The Kier molecular flexibility index (Phi) is 2.25. The molecule has 0 fully saturated rings. The number of anilines is 1. The first kappa shape index (κ1) is 9.21. The molecule has 0 saturated carbocycles. The molecule has 1 N–H and O–H groups in total. The van der Waals surface area contributed by atoms with Crippen molar-refractivity contribution in [3.63, 3.8) is 0 Å². The number of ether oxygens (including phenoxy) is 1. The van der Waals surface area contributed by atoms with Gasteiger partial charge in [-0.05, 0) is 18.2 Å². The van der Waals surface area contributed by atoms with Crippen molar-refractivity contribution in [3.8, 4) is 5.75 Å². The lowest BCUT2D eigenvalue weighted by Gasteiger charge is -2.17. The van der Waals surface area contributed by atoms with E-state index in [-0.39, 0.29) is 12.5 Å². The van der Waals surface area contributed by atoms with Gasteiger partial charge in [0.1, 0.15) is 5.75 Å². The van der Waals surface area contributed by atoms with E-state index in [0.717, 1.165) is 0 Å². The van der Waals surface area contributed by atoms with Gasteiger partial charge in [0.25, 0.3) is 5.91 Å². The summed E-state index contributed by atoms with van der Waals surface area (Å²) in [6.07, 6.45) is 1.59. The minimum Gasteiger partial charge on any atom is -0.482 e. The highest BCUT2D eigenvalue weighted by atomic mass is 32.2. The molecule has 1 unspecified atom stereocenters. The van der Waals surface area contributed by atoms with Gasteiger partial charge in [-0.15, -0.1) is 0 Å². The molecule has 1 aromatic rings. The normalized spacial score (nSPS) is 16.5. The van der Waals surface area contributed by atoms with E-state index < -0.39 is 10.8 Å². The number of fused-ring (bicyclic) bond motifs is 1. The van der Waals surface area contributed by atoms with Gasteiger partial charge >= 0.3 is 0 Å². The van der Waals surface area contributed by atoms with Gasteiger partial charge in [0, 0.05) is 22.0 Å². The molecule has 2 rings (SSSR count). The van der Waals surface area contributed by atoms with Crippen molar-refractivity contribution in [1.29, 1.82) is 0 Å². The Morgan fingerprint density at radius 1 is 1.50 bits per heavy atom. The van der Waals surface area contributed by atoms with Crippen molar-refractivity contribution >= 4 is 22.4 Å². The maximum atomic E-state index is 11.2. The summed E-state index contributed by atoms with van der Waals surface area (Å²) in [7, 11) is -1.05. The number of hydrogen-bond donors (Lipinski definition) is 1. The zero-order chi connectivity index (χ0) is 10.1. The smallest absolute Gasteiger partial charge is 0.262 e. The fraction of sp³-hybridized carbons (Fsp3) is 0.222. The second-order valence-corrected chi connectivity index (χ2v) is 4.33. The lowest BCUT2D eigenvalue weighted by Crippen LogP contribution is -2.25. The average Bonchev–Trinajstić information content (AvgIpc) is 2.16. The largest absolute Gasteiger partial charge is 0.482 e. The number of rotatable bonds is 1. The monoisotopic (exact) mass is 211 g/mol. The predicted octanol–water partition coefficient (Wildman–Crippen LogP) is 0.755. The first-order chi connectivity index (χ1) is 6.66. The SMILES string of the molecule is CS(=O)c1ccc2c(c1)NC(=O)CO2. The van der Waals surface area contributed by atoms with Crippen molar-refractivity contribution in [2.24, 2.45) is 0 Å². The summed E-state index contributed by atoms with van der Waals surface area (Å²) in [4.78, 5) is 11.7. The van der Waals surface area contributed by atoms with Gasteiger partial charge in [-0.3, -0.25) is 9.00 Å². The molecular weight excluding hydrogens is 202 g/mol. The van der Waals surface area contributed by atoms with E-state index in [2.05, 4.69) is 5.32 Å². The average molecular weight is 211 g/mol. The topological polar surface area (TPSA) is 55.4 Å². The van der Waals surface area contributed by atoms with Crippen LogP contribution in [0.3, 0.4) is 0 Å². The van der Waals surface area contributed by atoms with Crippen LogP contribution in [0.4, 0.5) is 5.69 Å². The summed E-state index contributed by atoms with van der Waals surface area (Å²) >= 11 is 0. The molecule has 0 aliphatic carbocycles. The zero-order valence-corrected chi connectivity index (χ0v) is 8.39. The predicted molar refractivity (Wildman–Crippen MR) is 52.9 cm³/mol. The Labute approximate surface area is 83.7 Å². The molecule has 1 aliphatic heterocycles. The third-order valence-electron chi connectivity index (χ3n) is 1.92. The molecule has 4 nitrogen and oxygen atoms in total. The maximum Gasteiger partial charge on any atom is 0.262 e. The molecule has 1 aromatic carbocycles. The maximum absolute atomic E-state index is 11.2. The minimum absolute atomic E-state index is 0.0432. The van der Waals surface area contributed by atoms with Crippen LogP contribution in [0.25, 0.3) is 0 Å². The Morgan fingerprint density at radius 3 is 3.00 bits per heavy atom. The molecule has 1 aliphatic rings. The van der Waals surface area contributed by atoms with Crippen LogP contribution < -0.4 is 10.1 Å². The molecule has 74 valence electrons. The summed E-state index contributed by atoms with van der Waals surface area (Å²) in [5.41, 5.74) is 0.592. The van der Waals surface area contributed by atoms with Crippen LogP contribution in [0, 0.1) is 0 Å². The van der Waals surface area contributed by atoms with Gasteiger partial charge in [-0.2, -0.15) is 0 Å². The Bertz CT molecular complexity index is 417. The van der Waals surface area contributed by atoms with Gasteiger partial charge in [-0.1, -0.05) is 0 Å². The summed E-state index contributed by atoms with van der Waals surface area (Å²) in [5, 5.41) is 2.66. The number of benzene rings is 1. The van der Waals surface area contributed by atoms with E-state index in [1.807, 2.05) is 0 Å². The summed E-state index contributed by atoms with van der Waals surface area (Å²) in [5.74, 6) is 0.440. The number of amides is 1. The molecule has 0 saturated heterocycles. The number of carbonyl (C=O) groups is 1. The van der Waals surface area contributed by atoms with E-state index in [1.165, 1.54) is 0 Å². The first-order valence-corrected chi connectivity index (χ1v) is 5.63. The highest BCUT2D eigenvalue weighted by Gasteiger charge is 2.16. The molecule has 0 bridgehead atoms. The lowest BCUT2D eigenvalue weighted by atomic mass is 10.2. The van der Waals surface area contributed by atoms with Crippen LogP contribution in [0.5, 0.6) is 5.75 Å².